The molecule has 0 atom stereocenters. The number of hydrogen-bond acceptors (Lipinski definition) is 3. The Balaban J connectivity index is 2.18. The van der Waals surface area contributed by atoms with Gasteiger partial charge in [-0.25, -0.2) is 4.79 Å². The zero-order chi connectivity index (χ0) is 23.3. The van der Waals surface area contributed by atoms with Gasteiger partial charge in [0.2, 0.25) is 0 Å². The minimum absolute atomic E-state index is 0.00168. The van der Waals surface area contributed by atoms with Crippen LogP contribution in [0, 0.1) is 12.3 Å². The number of rotatable bonds is 6. The lowest BCUT2D eigenvalue weighted by Gasteiger charge is -2.14. The number of methoxy groups -OCH3 is 1. The van der Waals surface area contributed by atoms with E-state index in [-0.39, 0.29) is 28.4 Å². The van der Waals surface area contributed by atoms with Crippen LogP contribution in [0.15, 0.2) is 82.7 Å². The van der Waals surface area contributed by atoms with Gasteiger partial charge in [-0.3, -0.25) is 0 Å². The van der Waals surface area contributed by atoms with Gasteiger partial charge >= 0.3 is 5.97 Å². The van der Waals surface area contributed by atoms with Crippen LogP contribution in [0.2, 0.25) is 5.02 Å². The highest BCUT2D eigenvalue weighted by atomic mass is 35.5. The van der Waals surface area contributed by atoms with Crippen molar-refractivity contribution in [3.05, 3.63) is 93.2 Å². The maximum atomic E-state index is 12.6. The van der Waals surface area contributed by atoms with Gasteiger partial charge in [0.1, 0.15) is 23.5 Å². The van der Waals surface area contributed by atoms with Gasteiger partial charge in [-0.15, -0.1) is 23.2 Å². The molecular formula is C25H16B3ClO2S. The van der Waals surface area contributed by atoms with Crippen molar-refractivity contribution in [2.45, 2.75) is 6.42 Å². The molecule has 1 heterocycles. The first-order valence-corrected chi connectivity index (χ1v) is 10.8. The van der Waals surface area contributed by atoms with Crippen LogP contribution in [0.5, 0.6) is 0 Å². The zero-order valence-electron chi connectivity index (χ0n) is 17.4. The van der Waals surface area contributed by atoms with Crippen molar-refractivity contribution in [3.8, 4) is 33.2 Å². The second kappa shape index (κ2) is 10.6. The Morgan fingerprint density at radius 1 is 1.03 bits per heavy atom. The summed E-state index contributed by atoms with van der Waals surface area (Å²) in [7, 11) is 19.2. The van der Waals surface area contributed by atoms with Crippen LogP contribution < -0.4 is 0 Å². The summed E-state index contributed by atoms with van der Waals surface area (Å²) >= 11 is 7.68. The molecule has 2 aromatic carbocycles. The Bertz CT molecular complexity index is 1240. The lowest BCUT2D eigenvalue weighted by molar-refractivity contribution is -0.136. The van der Waals surface area contributed by atoms with Gasteiger partial charge < -0.3 is 4.74 Å². The summed E-state index contributed by atoms with van der Waals surface area (Å²) in [5.41, 5.74) is 3.01. The first-order chi connectivity index (χ1) is 15.3. The topological polar surface area (TPSA) is 26.3 Å². The number of ether oxygens (including phenoxy) is 1. The Labute approximate surface area is 201 Å². The number of terminal acetylenes is 1. The molecule has 0 aliphatic rings. The Hall–Kier alpha value is -2.87. The molecule has 0 unspecified atom stereocenters. The Morgan fingerprint density at radius 3 is 2.28 bits per heavy atom. The molecule has 0 aliphatic heterocycles. The third-order valence-corrected chi connectivity index (χ3v) is 6.36. The summed E-state index contributed by atoms with van der Waals surface area (Å²) in [6, 6.07) is 19.5. The number of thiophene rings is 1. The molecule has 0 amide bonds. The second-order valence-electron chi connectivity index (χ2n) is 6.87. The summed E-state index contributed by atoms with van der Waals surface area (Å²) in [5, 5.41) is 0.636. The molecule has 1 aromatic heterocycles. The highest BCUT2D eigenvalue weighted by Gasteiger charge is 2.20. The molecule has 150 valence electrons. The van der Waals surface area contributed by atoms with Gasteiger partial charge in [0.05, 0.1) is 7.11 Å². The van der Waals surface area contributed by atoms with Gasteiger partial charge in [0.25, 0.3) is 0 Å². The molecule has 0 spiro atoms. The van der Waals surface area contributed by atoms with Crippen molar-refractivity contribution in [2.24, 2.45) is 0 Å². The standard InChI is InChI=1S/C25H16B3ClO2S/c1-3-20(26)23(28)22(27)19(25(30)31-2)13-17-14-21(15-7-5-4-6-8-15)32-24(17)16-9-11-18(29)12-10-16/h1,4-12,14H,13H2,2H3/b22-19-,23-20-. The molecule has 0 N–H and O–H groups in total. The minimum atomic E-state index is -0.607. The van der Waals surface area contributed by atoms with Gasteiger partial charge in [-0.05, 0) is 34.9 Å². The first-order valence-electron chi connectivity index (χ1n) is 9.58. The molecule has 3 aromatic rings. The zero-order valence-corrected chi connectivity index (χ0v) is 19.0. The quantitative estimate of drug-likeness (QED) is 0.173. The maximum Gasteiger partial charge on any atom is 0.333 e. The molecule has 0 aliphatic carbocycles. The van der Waals surface area contributed by atoms with E-state index in [0.29, 0.717) is 5.02 Å². The predicted molar refractivity (Wildman–Crippen MR) is 136 cm³/mol. The monoisotopic (exact) mass is 448 g/mol. The van der Waals surface area contributed by atoms with E-state index in [9.17, 15) is 4.79 Å². The van der Waals surface area contributed by atoms with Crippen molar-refractivity contribution < 1.29 is 9.53 Å². The number of esters is 1. The number of benzene rings is 2. The third-order valence-electron chi connectivity index (χ3n) is 4.83. The van der Waals surface area contributed by atoms with Crippen molar-refractivity contribution >= 4 is 52.4 Å². The Kier molecular flexibility index (Phi) is 7.91. The fourth-order valence-corrected chi connectivity index (χ4v) is 4.44. The largest absolute Gasteiger partial charge is 0.466 e. The van der Waals surface area contributed by atoms with Crippen molar-refractivity contribution in [2.75, 3.05) is 7.11 Å². The van der Waals surface area contributed by atoms with E-state index in [1.54, 1.807) is 11.3 Å². The highest BCUT2D eigenvalue weighted by molar-refractivity contribution is 7.19. The third kappa shape index (κ3) is 5.30. The molecule has 7 heteroatoms. The van der Waals surface area contributed by atoms with Crippen LogP contribution >= 0.6 is 22.9 Å². The SMILES string of the molecule is [B]/C(C#C)=C([B])/C([B])=C(\Cc1cc(-c2ccccc2)sc1-c1ccc(Cl)cc1)C(=O)OC. The first kappa shape index (κ1) is 23.8. The van der Waals surface area contributed by atoms with E-state index in [1.165, 1.54) is 7.11 Å². The summed E-state index contributed by atoms with van der Waals surface area (Å²) < 4.78 is 4.96. The lowest BCUT2D eigenvalue weighted by Crippen LogP contribution is -2.13. The van der Waals surface area contributed by atoms with Crippen LogP contribution in [-0.4, -0.2) is 36.6 Å². The van der Waals surface area contributed by atoms with Crippen LogP contribution in [0.3, 0.4) is 0 Å². The number of allylic oxidation sites excluding steroid dienone is 3. The summed E-state index contributed by atoms with van der Waals surface area (Å²) in [6.07, 6.45) is 5.51. The van der Waals surface area contributed by atoms with Gasteiger partial charge in [-0.1, -0.05) is 70.9 Å². The lowest BCUT2D eigenvalue weighted by atomic mass is 9.68. The molecule has 32 heavy (non-hydrogen) atoms. The van der Waals surface area contributed by atoms with E-state index in [4.69, 9.17) is 46.3 Å². The maximum absolute atomic E-state index is 12.6. The molecule has 2 nitrogen and oxygen atoms in total. The molecule has 0 bridgehead atoms. The molecule has 0 fully saturated rings. The smallest absolute Gasteiger partial charge is 0.333 e. The fourth-order valence-electron chi connectivity index (χ4n) is 3.13. The molecule has 3 rings (SSSR count). The Morgan fingerprint density at radius 2 is 1.69 bits per heavy atom. The molecule has 0 saturated carbocycles. The van der Waals surface area contributed by atoms with E-state index < -0.39 is 5.97 Å². The number of halogens is 1. The summed E-state index contributed by atoms with van der Waals surface area (Å²) in [5.74, 6) is 1.64. The van der Waals surface area contributed by atoms with E-state index in [0.717, 1.165) is 26.4 Å². The van der Waals surface area contributed by atoms with Gasteiger partial charge in [0.15, 0.2) is 0 Å². The van der Waals surface area contributed by atoms with Gasteiger partial charge in [0, 0.05) is 26.8 Å². The van der Waals surface area contributed by atoms with Crippen LogP contribution in [-0.2, 0) is 16.0 Å². The average molecular weight is 448 g/mol. The number of hydrogen-bond donors (Lipinski definition) is 0. The average Bonchev–Trinajstić information content (AvgIpc) is 3.25. The molecule has 6 radical (unpaired) electrons. The van der Waals surface area contributed by atoms with Crippen LogP contribution in [0.4, 0.5) is 0 Å². The van der Waals surface area contributed by atoms with Gasteiger partial charge in [-0.2, -0.15) is 0 Å². The van der Waals surface area contributed by atoms with Crippen molar-refractivity contribution in [3.63, 3.8) is 0 Å². The molecule has 0 saturated heterocycles. The van der Waals surface area contributed by atoms with E-state index in [1.807, 2.05) is 60.7 Å². The predicted octanol–water partition coefficient (Wildman–Crippen LogP) is 5.06. The van der Waals surface area contributed by atoms with Crippen LogP contribution in [0.25, 0.3) is 20.9 Å². The summed E-state index contributed by atoms with van der Waals surface area (Å²) in [6.45, 7) is 0. The van der Waals surface area contributed by atoms with Crippen molar-refractivity contribution in [1.29, 1.82) is 0 Å². The fraction of sp³-hybridized carbons (Fsp3) is 0.0800. The van der Waals surface area contributed by atoms with E-state index in [2.05, 4.69) is 5.92 Å². The normalized spacial score (nSPS) is 12.4. The van der Waals surface area contributed by atoms with E-state index >= 15 is 0 Å². The minimum Gasteiger partial charge on any atom is -0.466 e. The van der Waals surface area contributed by atoms with Crippen molar-refractivity contribution in [1.82, 2.24) is 0 Å². The summed E-state index contributed by atoms with van der Waals surface area (Å²) in [4.78, 5) is 14.6. The number of carbonyl (C=O) groups excluding carboxylic acids is 1. The van der Waals surface area contributed by atoms with Crippen LogP contribution in [0.1, 0.15) is 5.56 Å². The molecular weight excluding hydrogens is 432 g/mol. The number of carbonyl (C=O) groups is 1. The second-order valence-corrected chi connectivity index (χ2v) is 8.36. The highest BCUT2D eigenvalue weighted by Crippen LogP contribution is 2.40.